The summed E-state index contributed by atoms with van der Waals surface area (Å²) in [5.41, 5.74) is 7.16. The van der Waals surface area contributed by atoms with Gasteiger partial charge in [-0.3, -0.25) is 4.79 Å². The summed E-state index contributed by atoms with van der Waals surface area (Å²) in [5.74, 6) is 0.350. The standard InChI is InChI=1S/C20H22FN5O/c1-3-17-25-18-14(19(22)27)8-5-9-15(18)20(26-17)24-16(11-23-2)12-6-4-7-13(21)10-12/h4-10,16,23H,3,11H2,1-2H3,(H2,22,27)(H,24,25,26). The lowest BCUT2D eigenvalue weighted by atomic mass is 10.1. The molecule has 3 rings (SSSR count). The minimum atomic E-state index is -0.538. The molecule has 1 amide bonds. The topological polar surface area (TPSA) is 92.9 Å². The zero-order valence-electron chi connectivity index (χ0n) is 15.3. The minimum absolute atomic E-state index is 0.217. The van der Waals surface area contributed by atoms with Gasteiger partial charge in [0.05, 0.1) is 17.1 Å². The second-order valence-corrected chi connectivity index (χ2v) is 6.22. The lowest BCUT2D eigenvalue weighted by Gasteiger charge is -2.21. The average Bonchev–Trinajstić information content (AvgIpc) is 2.66. The largest absolute Gasteiger partial charge is 0.366 e. The Hall–Kier alpha value is -3.06. The Kier molecular flexibility index (Phi) is 5.61. The number of nitrogens with zero attached hydrogens (tertiary/aromatic N) is 2. The van der Waals surface area contributed by atoms with Gasteiger partial charge >= 0.3 is 0 Å². The van der Waals surface area contributed by atoms with E-state index in [0.29, 0.717) is 41.1 Å². The summed E-state index contributed by atoms with van der Waals surface area (Å²) in [5, 5.41) is 7.18. The second-order valence-electron chi connectivity index (χ2n) is 6.22. The van der Waals surface area contributed by atoms with Crippen LogP contribution in [0.15, 0.2) is 42.5 Å². The maximum absolute atomic E-state index is 13.7. The van der Waals surface area contributed by atoms with Gasteiger partial charge in [-0.15, -0.1) is 0 Å². The molecule has 0 aliphatic carbocycles. The Morgan fingerprint density at radius 1 is 1.22 bits per heavy atom. The maximum atomic E-state index is 13.7. The van der Waals surface area contributed by atoms with Crippen LogP contribution >= 0.6 is 0 Å². The van der Waals surface area contributed by atoms with E-state index in [9.17, 15) is 9.18 Å². The number of nitrogens with two attached hydrogens (primary N) is 1. The number of rotatable bonds is 7. The van der Waals surface area contributed by atoms with Crippen LogP contribution in [0.1, 0.15) is 34.7 Å². The molecule has 0 spiro atoms. The summed E-state index contributed by atoms with van der Waals surface area (Å²) in [7, 11) is 1.83. The Morgan fingerprint density at radius 2 is 2.00 bits per heavy atom. The number of aromatic nitrogens is 2. The van der Waals surface area contributed by atoms with Crippen molar-refractivity contribution < 1.29 is 9.18 Å². The number of carbonyl (C=O) groups is 1. The van der Waals surface area contributed by atoms with Crippen LogP contribution in [-0.2, 0) is 6.42 Å². The van der Waals surface area contributed by atoms with Gasteiger partial charge in [-0.25, -0.2) is 14.4 Å². The van der Waals surface area contributed by atoms with Crippen molar-refractivity contribution in [3.05, 3.63) is 65.2 Å². The van der Waals surface area contributed by atoms with Gasteiger partial charge in [0.1, 0.15) is 17.5 Å². The molecule has 1 aromatic heterocycles. The van der Waals surface area contributed by atoms with Gasteiger partial charge in [-0.2, -0.15) is 0 Å². The van der Waals surface area contributed by atoms with Gasteiger partial charge in [0, 0.05) is 18.4 Å². The van der Waals surface area contributed by atoms with E-state index in [1.165, 1.54) is 12.1 Å². The molecule has 140 valence electrons. The summed E-state index contributed by atoms with van der Waals surface area (Å²) in [6.07, 6.45) is 0.606. The van der Waals surface area contributed by atoms with Crippen LogP contribution in [0, 0.1) is 5.82 Å². The Balaban J connectivity index is 2.11. The van der Waals surface area contributed by atoms with Gasteiger partial charge in [-0.05, 0) is 36.9 Å². The van der Waals surface area contributed by atoms with Crippen LogP contribution in [0.5, 0.6) is 0 Å². The van der Waals surface area contributed by atoms with Crippen LogP contribution < -0.4 is 16.4 Å². The minimum Gasteiger partial charge on any atom is -0.366 e. The normalized spacial score (nSPS) is 12.1. The van der Waals surface area contributed by atoms with Gasteiger partial charge in [0.15, 0.2) is 0 Å². The van der Waals surface area contributed by atoms with Crippen molar-refractivity contribution in [3.8, 4) is 0 Å². The van der Waals surface area contributed by atoms with Gasteiger partial charge in [0.25, 0.3) is 5.91 Å². The van der Waals surface area contributed by atoms with Crippen LogP contribution in [0.25, 0.3) is 10.9 Å². The molecule has 27 heavy (non-hydrogen) atoms. The zero-order valence-corrected chi connectivity index (χ0v) is 15.3. The molecule has 2 aromatic carbocycles. The molecule has 0 saturated carbocycles. The maximum Gasteiger partial charge on any atom is 0.250 e. The van der Waals surface area contributed by atoms with E-state index in [1.54, 1.807) is 18.2 Å². The smallest absolute Gasteiger partial charge is 0.250 e. The van der Waals surface area contributed by atoms with E-state index in [1.807, 2.05) is 26.1 Å². The molecule has 0 saturated heterocycles. The van der Waals surface area contributed by atoms with E-state index >= 15 is 0 Å². The molecule has 1 heterocycles. The Morgan fingerprint density at radius 3 is 2.67 bits per heavy atom. The molecule has 6 nitrogen and oxygen atoms in total. The predicted octanol–water partition coefficient (Wildman–Crippen LogP) is 2.80. The first-order chi connectivity index (χ1) is 13.0. The molecule has 1 atom stereocenters. The molecule has 1 unspecified atom stereocenters. The lowest BCUT2D eigenvalue weighted by molar-refractivity contribution is 0.100. The fraction of sp³-hybridized carbons (Fsp3) is 0.250. The number of amides is 1. The summed E-state index contributed by atoms with van der Waals surface area (Å²) >= 11 is 0. The predicted molar refractivity (Wildman–Crippen MR) is 104 cm³/mol. The molecule has 3 aromatic rings. The molecule has 0 fully saturated rings. The number of hydrogen-bond donors (Lipinski definition) is 3. The molecular formula is C20H22FN5O. The van der Waals surface area contributed by atoms with Crippen LogP contribution in [-0.4, -0.2) is 29.5 Å². The van der Waals surface area contributed by atoms with Gasteiger partial charge in [-0.1, -0.05) is 25.1 Å². The number of primary amides is 1. The van der Waals surface area contributed by atoms with Crippen molar-refractivity contribution in [2.75, 3.05) is 18.9 Å². The average molecular weight is 367 g/mol. The third-order valence-electron chi connectivity index (χ3n) is 4.32. The number of hydrogen-bond acceptors (Lipinski definition) is 5. The van der Waals surface area contributed by atoms with Crippen LogP contribution in [0.2, 0.25) is 0 Å². The summed E-state index contributed by atoms with van der Waals surface area (Å²) in [6, 6.07) is 11.5. The number of halogens is 1. The number of carbonyl (C=O) groups excluding carboxylic acids is 1. The monoisotopic (exact) mass is 367 g/mol. The molecule has 7 heteroatoms. The first-order valence-electron chi connectivity index (χ1n) is 8.79. The van der Waals surface area contributed by atoms with Crippen molar-refractivity contribution in [2.24, 2.45) is 5.73 Å². The van der Waals surface area contributed by atoms with E-state index in [0.717, 1.165) is 5.56 Å². The van der Waals surface area contributed by atoms with Gasteiger partial charge in [0.2, 0.25) is 0 Å². The number of likely N-dealkylation sites (N-methyl/N-ethyl adjacent to an activating group) is 1. The SMILES string of the molecule is CCc1nc(NC(CNC)c2cccc(F)c2)c2cccc(C(N)=O)c2n1. The first-order valence-corrected chi connectivity index (χ1v) is 8.79. The van der Waals surface area contributed by atoms with Crippen LogP contribution in [0.3, 0.4) is 0 Å². The molecule has 4 N–H and O–H groups in total. The van der Waals surface area contributed by atoms with Gasteiger partial charge < -0.3 is 16.4 Å². The number of benzene rings is 2. The molecule has 0 aliphatic heterocycles. The molecule has 0 radical (unpaired) electrons. The molecular weight excluding hydrogens is 345 g/mol. The first kappa shape index (κ1) is 18.7. The molecule has 0 bridgehead atoms. The number of aryl methyl sites for hydroxylation is 1. The van der Waals surface area contributed by atoms with Crippen molar-refractivity contribution in [3.63, 3.8) is 0 Å². The second kappa shape index (κ2) is 8.09. The lowest BCUT2D eigenvalue weighted by Crippen LogP contribution is -2.24. The number of fused-ring (bicyclic) bond motifs is 1. The highest BCUT2D eigenvalue weighted by atomic mass is 19.1. The van der Waals surface area contributed by atoms with Crippen molar-refractivity contribution >= 4 is 22.6 Å². The van der Waals surface area contributed by atoms with Crippen LogP contribution in [0.4, 0.5) is 10.2 Å². The van der Waals surface area contributed by atoms with E-state index in [-0.39, 0.29) is 11.9 Å². The van der Waals surface area contributed by atoms with Crippen molar-refractivity contribution in [1.29, 1.82) is 0 Å². The summed E-state index contributed by atoms with van der Waals surface area (Å²) in [6.45, 7) is 2.50. The highest BCUT2D eigenvalue weighted by molar-refractivity contribution is 6.07. The summed E-state index contributed by atoms with van der Waals surface area (Å²) in [4.78, 5) is 20.9. The van der Waals surface area contributed by atoms with E-state index < -0.39 is 5.91 Å². The molecule has 0 aliphatic rings. The van der Waals surface area contributed by atoms with Crippen molar-refractivity contribution in [1.82, 2.24) is 15.3 Å². The van der Waals surface area contributed by atoms with Crippen molar-refractivity contribution in [2.45, 2.75) is 19.4 Å². The quantitative estimate of drug-likeness (QED) is 0.597. The zero-order chi connectivity index (χ0) is 19.4. The van der Waals surface area contributed by atoms with E-state index in [2.05, 4.69) is 20.6 Å². The highest BCUT2D eigenvalue weighted by Crippen LogP contribution is 2.27. The summed E-state index contributed by atoms with van der Waals surface area (Å²) < 4.78 is 13.7. The Bertz CT molecular complexity index is 976. The highest BCUT2D eigenvalue weighted by Gasteiger charge is 2.17. The third-order valence-corrected chi connectivity index (χ3v) is 4.32. The number of anilines is 1. The number of nitrogens with one attached hydrogen (secondary N) is 2. The number of para-hydroxylation sites is 1. The fourth-order valence-corrected chi connectivity index (χ4v) is 3.01. The Labute approximate surface area is 157 Å². The van der Waals surface area contributed by atoms with E-state index in [4.69, 9.17) is 5.73 Å². The fourth-order valence-electron chi connectivity index (χ4n) is 3.01. The third kappa shape index (κ3) is 4.03.